The van der Waals surface area contributed by atoms with Gasteiger partial charge >= 0.3 is 5.97 Å². The Bertz CT molecular complexity index is 2920. The molecule has 4 fully saturated rings. The van der Waals surface area contributed by atoms with Gasteiger partial charge in [0, 0.05) is 44.0 Å². The Morgan fingerprint density at radius 1 is 0.474 bits per heavy atom. The Hall–Kier alpha value is -7.81. The number of Topliss-reactive ketones (excluding diaryl/α,β-unsaturated/α-hetero) is 2. The van der Waals surface area contributed by atoms with Crippen molar-refractivity contribution in [3.63, 3.8) is 0 Å². The summed E-state index contributed by atoms with van der Waals surface area (Å²) in [6, 6.07) is 31.4. The monoisotopic (exact) mass is 1030 g/mol. The molecule has 396 valence electrons. The molecule has 4 aliphatic rings. The summed E-state index contributed by atoms with van der Waals surface area (Å²) in [5, 5.41) is 3.12. The number of hydrogen-bond donors (Lipinski definition) is 1. The number of ether oxygens (including phenoxy) is 4. The normalized spacial score (nSPS) is 21.4. The predicted octanol–water partition coefficient (Wildman–Crippen LogP) is 10.8. The molecule has 10 rings (SSSR count). The number of carbonyl (C=O) groups is 4. The van der Waals surface area contributed by atoms with Crippen molar-refractivity contribution in [2.75, 3.05) is 6.54 Å². The molecule has 4 saturated carbocycles. The molecule has 15 heteroatoms. The molecule has 1 N–H and O–H groups in total. The molecule has 15 nitrogen and oxygen atoms in total. The van der Waals surface area contributed by atoms with Crippen LogP contribution in [0.2, 0.25) is 0 Å². The van der Waals surface area contributed by atoms with Crippen molar-refractivity contribution in [1.29, 1.82) is 0 Å². The van der Waals surface area contributed by atoms with Crippen LogP contribution in [0.1, 0.15) is 146 Å². The number of benzene rings is 3. The molecule has 0 aliphatic heterocycles. The minimum Gasteiger partial charge on any atom is -0.481 e. The summed E-state index contributed by atoms with van der Waals surface area (Å²) in [7, 11) is 0. The van der Waals surface area contributed by atoms with Gasteiger partial charge in [0.2, 0.25) is 62.4 Å². The average Bonchev–Trinajstić information content (AvgIpc) is 3.39. The average molecular weight is 1030 g/mol. The van der Waals surface area contributed by atoms with E-state index in [1.807, 2.05) is 112 Å². The lowest BCUT2D eigenvalue weighted by atomic mass is 9.33. The highest BCUT2D eigenvalue weighted by molar-refractivity contribution is 5.96. The molecule has 3 aromatic carbocycles. The number of nitrogens with one attached hydrogen (secondary N) is 1. The quantitative estimate of drug-likeness (QED) is 0.0468. The Labute approximate surface area is 439 Å². The third kappa shape index (κ3) is 12.5. The number of rotatable bonds is 23. The maximum Gasteiger partial charge on any atom is 0.306 e. The van der Waals surface area contributed by atoms with E-state index in [2.05, 4.69) is 5.32 Å². The van der Waals surface area contributed by atoms with Crippen LogP contribution >= 0.6 is 0 Å². The van der Waals surface area contributed by atoms with Gasteiger partial charge in [0.05, 0.1) is 18.8 Å². The molecule has 76 heavy (non-hydrogen) atoms. The molecule has 4 aliphatic carbocycles. The van der Waals surface area contributed by atoms with Gasteiger partial charge in [-0.3, -0.25) is 33.6 Å². The Kier molecular flexibility index (Phi) is 15.5. The molecule has 4 bridgehead atoms. The first-order valence-corrected chi connectivity index (χ1v) is 25.9. The fraction of sp³-hybridized carbons (Fsp3) is 0.393. The van der Waals surface area contributed by atoms with Gasteiger partial charge in [0.15, 0.2) is 0 Å². The van der Waals surface area contributed by atoms with Crippen LogP contribution in [0, 0.1) is 21.7 Å². The zero-order valence-electron chi connectivity index (χ0n) is 43.2. The molecule has 3 aromatic heterocycles. The fourth-order valence-corrected chi connectivity index (χ4v) is 13.0. The van der Waals surface area contributed by atoms with E-state index in [0.29, 0.717) is 57.8 Å². The van der Waals surface area contributed by atoms with Crippen molar-refractivity contribution in [1.82, 2.24) is 5.32 Å². The molecule has 0 saturated heterocycles. The molecule has 4 atom stereocenters. The Balaban J connectivity index is 1.04. The summed E-state index contributed by atoms with van der Waals surface area (Å²) in [5.41, 5.74) is -2.22. The number of carbonyl (C=O) groups excluding carboxylic acids is 4. The molecule has 2 unspecified atom stereocenters. The van der Waals surface area contributed by atoms with Gasteiger partial charge in [0.25, 0.3) is 5.91 Å². The largest absolute Gasteiger partial charge is 0.481 e. The Morgan fingerprint density at radius 2 is 0.816 bits per heavy atom. The van der Waals surface area contributed by atoms with Crippen LogP contribution in [0.15, 0.2) is 156 Å². The van der Waals surface area contributed by atoms with E-state index < -0.39 is 61.0 Å². The van der Waals surface area contributed by atoms with E-state index in [1.165, 1.54) is 30.7 Å². The van der Waals surface area contributed by atoms with Crippen molar-refractivity contribution >= 4 is 23.4 Å². The van der Waals surface area contributed by atoms with E-state index in [4.69, 9.17) is 32.2 Å². The smallest absolute Gasteiger partial charge is 0.306 e. The van der Waals surface area contributed by atoms with Gasteiger partial charge in [-0.1, -0.05) is 91.0 Å². The van der Waals surface area contributed by atoms with Gasteiger partial charge in [-0.25, -0.2) is 0 Å². The maximum atomic E-state index is 14.5. The van der Waals surface area contributed by atoms with E-state index in [-0.39, 0.29) is 86.1 Å². The second kappa shape index (κ2) is 22.2. The highest BCUT2D eigenvalue weighted by Crippen LogP contribution is 2.76. The van der Waals surface area contributed by atoms with Gasteiger partial charge in [-0.05, 0) is 117 Å². The molecule has 1 amide bonds. The third-order valence-electron chi connectivity index (χ3n) is 15.1. The van der Waals surface area contributed by atoms with E-state index in [0.717, 1.165) is 23.0 Å². The van der Waals surface area contributed by atoms with E-state index in [9.17, 15) is 33.6 Å². The lowest BCUT2D eigenvalue weighted by Gasteiger charge is -2.71. The predicted molar refractivity (Wildman–Crippen MR) is 279 cm³/mol. The van der Waals surface area contributed by atoms with Crippen LogP contribution in [-0.4, -0.2) is 35.6 Å². The summed E-state index contributed by atoms with van der Waals surface area (Å²) in [6.45, 7) is 5.67. The lowest BCUT2D eigenvalue weighted by Crippen LogP contribution is -2.63. The molecule has 6 aromatic rings. The highest BCUT2D eigenvalue weighted by Gasteiger charge is 2.67. The molecular weight excluding hydrogens is 971 g/mol. The minimum absolute atomic E-state index is 0.0164. The fourth-order valence-electron chi connectivity index (χ4n) is 13.0. The van der Waals surface area contributed by atoms with E-state index in [1.54, 1.807) is 0 Å². The first kappa shape index (κ1) is 53.0. The molecule has 0 radical (unpaired) electrons. The number of esters is 1. The van der Waals surface area contributed by atoms with Gasteiger partial charge < -0.3 is 37.5 Å². The summed E-state index contributed by atoms with van der Waals surface area (Å²) in [4.78, 5) is 96.8. The Morgan fingerprint density at radius 3 is 1.20 bits per heavy atom. The zero-order valence-corrected chi connectivity index (χ0v) is 43.2. The summed E-state index contributed by atoms with van der Waals surface area (Å²) in [6.07, 6.45) is 8.30. The highest BCUT2D eigenvalue weighted by atomic mass is 16.6. The van der Waals surface area contributed by atoms with Crippen molar-refractivity contribution in [3.05, 3.63) is 193 Å². The van der Waals surface area contributed by atoms with Crippen LogP contribution in [0.3, 0.4) is 0 Å². The minimum atomic E-state index is -0.727. The number of ketones is 2. The lowest BCUT2D eigenvalue weighted by molar-refractivity contribution is -0.208. The van der Waals surface area contributed by atoms with Crippen LogP contribution in [0.25, 0.3) is 0 Å². The van der Waals surface area contributed by atoms with Crippen LogP contribution in [-0.2, 0) is 29.4 Å². The van der Waals surface area contributed by atoms with Gasteiger partial charge in [0.1, 0.15) is 25.4 Å². The van der Waals surface area contributed by atoms with Gasteiger partial charge in [-0.2, -0.15) is 0 Å². The second-order valence-electron chi connectivity index (χ2n) is 22.3. The first-order chi connectivity index (χ1) is 36.4. The summed E-state index contributed by atoms with van der Waals surface area (Å²) in [5.74, 6) is -3.08. The first-order valence-electron chi connectivity index (χ1n) is 25.9. The zero-order chi connectivity index (χ0) is 53.6. The number of hydrogen-bond acceptors (Lipinski definition) is 14. The van der Waals surface area contributed by atoms with E-state index >= 15 is 0 Å². The summed E-state index contributed by atoms with van der Waals surface area (Å²) < 4.78 is 41.0. The number of amides is 1. The van der Waals surface area contributed by atoms with Crippen molar-refractivity contribution in [2.24, 2.45) is 21.7 Å². The van der Waals surface area contributed by atoms with Crippen LogP contribution in [0.5, 0.6) is 17.2 Å². The topological polar surface area (TPSA) is 208 Å². The molecule has 3 heterocycles. The second-order valence-corrected chi connectivity index (χ2v) is 22.3. The SMILES string of the molecule is CC(C)(C)OC(=O)CCC12CC3(CNC(=O)c4occc(=O)c4OCc4ccccc4)C[C@](CCC(=O)c4occc(=O)c4OCc4ccccc4)(C1)C[C@](CCC(=O)c1occc(=O)c1OCc1ccccc1)(C2)C3. The maximum absolute atomic E-state index is 14.5. The van der Waals surface area contributed by atoms with Crippen LogP contribution in [0.4, 0.5) is 0 Å². The molecule has 0 spiro atoms. The third-order valence-corrected chi connectivity index (χ3v) is 15.1. The van der Waals surface area contributed by atoms with Gasteiger partial charge in [-0.15, -0.1) is 0 Å². The van der Waals surface area contributed by atoms with Crippen molar-refractivity contribution in [3.8, 4) is 17.2 Å². The van der Waals surface area contributed by atoms with Crippen molar-refractivity contribution < 1.29 is 51.4 Å². The van der Waals surface area contributed by atoms with Crippen LogP contribution < -0.4 is 35.8 Å². The van der Waals surface area contributed by atoms with Crippen molar-refractivity contribution in [2.45, 2.75) is 123 Å². The molecular formula is C61H63NO14. The summed E-state index contributed by atoms with van der Waals surface area (Å²) >= 11 is 0. The standard InChI is InChI=1S/C61H63NO14/c1-57(2,3)76-49(68)21-27-60-35-58(25-19-44(63)50-52(46(65)22-28-70-50)73-31-41-13-7-4-8-14-41)34-59(36-60,26-20-45(64)51-53(47(66)23-29-71-51)74-32-42-15-9-5-10-16-42)38-61(37-58,39-60)40-62-56(69)55-54(48(67)24-30-72-55)75-33-43-17-11-6-12-18-43/h4-18,22-24,28-30H,19-21,25-27,31-40H2,1-3H3,(H,62,69)/t58-,59+,60?,61?.